The fourth-order valence-electron chi connectivity index (χ4n) is 1.50. The predicted molar refractivity (Wildman–Crippen MR) is 92.9 cm³/mol. The zero-order chi connectivity index (χ0) is 14.8. The minimum absolute atomic E-state index is 0. The monoisotopic (exact) mass is 411 g/mol. The molecule has 0 saturated carbocycles. The Kier molecular flexibility index (Phi) is 11.2. The van der Waals surface area contributed by atoms with Gasteiger partial charge in [-0.15, -0.1) is 24.0 Å². The van der Waals surface area contributed by atoms with Gasteiger partial charge in [0.1, 0.15) is 0 Å². The molecule has 1 aromatic heterocycles. The van der Waals surface area contributed by atoms with Crippen molar-refractivity contribution in [2.75, 3.05) is 26.8 Å². The second-order valence-electron chi connectivity index (χ2n) is 4.90. The first-order chi connectivity index (χ1) is 9.61. The van der Waals surface area contributed by atoms with Crippen LogP contribution in [0.5, 0.6) is 0 Å². The second kappa shape index (κ2) is 11.7. The number of halogens is 1. The van der Waals surface area contributed by atoms with E-state index in [9.17, 15) is 0 Å². The van der Waals surface area contributed by atoms with Crippen molar-refractivity contribution in [1.29, 1.82) is 0 Å². The molecular formula is C13H26IN5O2. The predicted octanol–water partition coefficient (Wildman–Crippen LogP) is 1.72. The molecule has 0 fully saturated rings. The number of hydrogen-bond donors (Lipinski definition) is 2. The van der Waals surface area contributed by atoms with E-state index in [4.69, 9.17) is 9.26 Å². The van der Waals surface area contributed by atoms with E-state index in [0.717, 1.165) is 32.1 Å². The highest BCUT2D eigenvalue weighted by Gasteiger charge is 2.03. The van der Waals surface area contributed by atoms with Crippen molar-refractivity contribution < 1.29 is 9.26 Å². The summed E-state index contributed by atoms with van der Waals surface area (Å²) in [7, 11) is 1.73. The summed E-state index contributed by atoms with van der Waals surface area (Å²) in [6.45, 7) is 8.91. The lowest BCUT2D eigenvalue weighted by atomic mass is 10.2. The van der Waals surface area contributed by atoms with Gasteiger partial charge in [-0.2, -0.15) is 4.98 Å². The maximum atomic E-state index is 5.51. The molecular weight excluding hydrogens is 385 g/mol. The molecule has 0 spiro atoms. The number of aromatic nitrogens is 2. The van der Waals surface area contributed by atoms with Crippen molar-refractivity contribution in [2.45, 2.75) is 33.7 Å². The smallest absolute Gasteiger partial charge is 0.223 e. The molecule has 0 radical (unpaired) electrons. The summed E-state index contributed by atoms with van der Waals surface area (Å²) in [6, 6.07) is 0. The van der Waals surface area contributed by atoms with Crippen LogP contribution in [0.1, 0.15) is 32.0 Å². The number of hydrogen-bond acceptors (Lipinski definition) is 5. The van der Waals surface area contributed by atoms with Crippen LogP contribution in [0, 0.1) is 12.8 Å². The van der Waals surface area contributed by atoms with Crippen LogP contribution in [0.15, 0.2) is 9.52 Å². The Morgan fingerprint density at radius 1 is 1.38 bits per heavy atom. The van der Waals surface area contributed by atoms with Gasteiger partial charge in [0.25, 0.3) is 0 Å². The molecule has 21 heavy (non-hydrogen) atoms. The van der Waals surface area contributed by atoms with E-state index >= 15 is 0 Å². The first-order valence-corrected chi connectivity index (χ1v) is 6.93. The van der Waals surface area contributed by atoms with Crippen LogP contribution >= 0.6 is 24.0 Å². The van der Waals surface area contributed by atoms with Gasteiger partial charge in [0.2, 0.25) is 5.89 Å². The maximum absolute atomic E-state index is 5.51. The number of ether oxygens (including phenoxy) is 1. The summed E-state index contributed by atoms with van der Waals surface area (Å²) in [5.41, 5.74) is 0. The molecule has 0 aliphatic carbocycles. The average molecular weight is 411 g/mol. The first kappa shape index (κ1) is 20.1. The minimum atomic E-state index is 0. The normalized spacial score (nSPS) is 11.4. The molecule has 2 N–H and O–H groups in total. The van der Waals surface area contributed by atoms with Gasteiger partial charge in [-0.25, -0.2) is 0 Å². The van der Waals surface area contributed by atoms with Crippen molar-refractivity contribution in [3.63, 3.8) is 0 Å². The van der Waals surface area contributed by atoms with Crippen molar-refractivity contribution in [2.24, 2.45) is 10.9 Å². The van der Waals surface area contributed by atoms with Crippen LogP contribution in [0.3, 0.4) is 0 Å². The number of guanidine groups is 1. The minimum Gasteiger partial charge on any atom is -0.381 e. The van der Waals surface area contributed by atoms with E-state index in [1.165, 1.54) is 0 Å². The van der Waals surface area contributed by atoms with E-state index in [1.54, 1.807) is 14.0 Å². The van der Waals surface area contributed by atoms with Crippen molar-refractivity contribution >= 4 is 29.9 Å². The Balaban J connectivity index is 0.00000400. The van der Waals surface area contributed by atoms with E-state index < -0.39 is 0 Å². The van der Waals surface area contributed by atoms with Gasteiger partial charge in [0, 0.05) is 33.7 Å². The van der Waals surface area contributed by atoms with Gasteiger partial charge < -0.3 is 19.9 Å². The quantitative estimate of drug-likeness (QED) is 0.293. The maximum Gasteiger partial charge on any atom is 0.223 e. The van der Waals surface area contributed by atoms with Gasteiger partial charge in [-0.3, -0.25) is 4.99 Å². The molecule has 0 bridgehead atoms. The summed E-state index contributed by atoms with van der Waals surface area (Å²) in [6.07, 6.45) is 0.939. The molecule has 0 unspecified atom stereocenters. The van der Waals surface area contributed by atoms with E-state index in [0.29, 0.717) is 24.2 Å². The van der Waals surface area contributed by atoms with Gasteiger partial charge in [-0.1, -0.05) is 19.0 Å². The fourth-order valence-corrected chi connectivity index (χ4v) is 1.50. The van der Waals surface area contributed by atoms with Crippen LogP contribution in [0.25, 0.3) is 0 Å². The third-order valence-electron chi connectivity index (χ3n) is 2.42. The summed E-state index contributed by atoms with van der Waals surface area (Å²) in [5.74, 6) is 2.48. The summed E-state index contributed by atoms with van der Waals surface area (Å²) in [4.78, 5) is 8.23. The van der Waals surface area contributed by atoms with Crippen LogP contribution < -0.4 is 10.6 Å². The Labute approximate surface area is 143 Å². The van der Waals surface area contributed by atoms with Gasteiger partial charge in [-0.05, 0) is 12.3 Å². The average Bonchev–Trinajstić information content (AvgIpc) is 2.82. The first-order valence-electron chi connectivity index (χ1n) is 6.93. The van der Waals surface area contributed by atoms with Crippen LogP contribution in [0.4, 0.5) is 0 Å². The molecule has 1 rings (SSSR count). The number of nitrogens with zero attached hydrogens (tertiary/aromatic N) is 3. The lowest BCUT2D eigenvalue weighted by Gasteiger charge is -2.11. The molecule has 0 aliphatic heterocycles. The highest BCUT2D eigenvalue weighted by molar-refractivity contribution is 14.0. The zero-order valence-corrected chi connectivity index (χ0v) is 15.5. The zero-order valence-electron chi connectivity index (χ0n) is 13.2. The van der Waals surface area contributed by atoms with Crippen LogP contribution in [0.2, 0.25) is 0 Å². The molecule has 0 amide bonds. The number of nitrogens with one attached hydrogen (secondary N) is 2. The van der Waals surface area contributed by atoms with Crippen LogP contribution in [-0.2, 0) is 11.3 Å². The molecule has 0 atom stereocenters. The van der Waals surface area contributed by atoms with Crippen molar-refractivity contribution in [3.05, 3.63) is 11.7 Å². The third kappa shape index (κ3) is 9.62. The molecule has 1 aromatic rings. The SMILES string of the molecule is CN=C(NCCCOCC(C)C)NCc1noc(C)n1.I. The summed E-state index contributed by atoms with van der Waals surface area (Å²) in [5, 5.41) is 10.1. The van der Waals surface area contributed by atoms with Gasteiger partial charge in [0.15, 0.2) is 11.8 Å². The van der Waals surface area contributed by atoms with Crippen molar-refractivity contribution in [3.8, 4) is 0 Å². The highest BCUT2D eigenvalue weighted by atomic mass is 127. The van der Waals surface area contributed by atoms with E-state index in [2.05, 4.69) is 39.6 Å². The van der Waals surface area contributed by atoms with E-state index in [-0.39, 0.29) is 24.0 Å². The largest absolute Gasteiger partial charge is 0.381 e. The molecule has 1 heterocycles. The number of aryl methyl sites for hydroxylation is 1. The Morgan fingerprint density at radius 3 is 2.71 bits per heavy atom. The molecule has 122 valence electrons. The molecule has 0 aliphatic rings. The Morgan fingerprint density at radius 2 is 2.14 bits per heavy atom. The molecule has 0 aromatic carbocycles. The Hall–Kier alpha value is -0.900. The number of aliphatic imine (C=N–C) groups is 1. The van der Waals surface area contributed by atoms with Crippen LogP contribution in [-0.4, -0.2) is 42.9 Å². The molecule has 8 heteroatoms. The van der Waals surface area contributed by atoms with Gasteiger partial charge >= 0.3 is 0 Å². The summed E-state index contributed by atoms with van der Waals surface area (Å²) >= 11 is 0. The van der Waals surface area contributed by atoms with Gasteiger partial charge in [0.05, 0.1) is 6.54 Å². The van der Waals surface area contributed by atoms with E-state index in [1.807, 2.05) is 0 Å². The molecule has 7 nitrogen and oxygen atoms in total. The molecule has 0 saturated heterocycles. The summed E-state index contributed by atoms with van der Waals surface area (Å²) < 4.78 is 10.4. The second-order valence-corrected chi connectivity index (χ2v) is 4.90. The standard InChI is InChI=1S/C13H25N5O2.HI/c1-10(2)9-19-7-5-6-15-13(14-4)16-8-12-17-11(3)20-18-12;/h10H,5-9H2,1-4H3,(H2,14,15,16);1H. The lowest BCUT2D eigenvalue weighted by molar-refractivity contribution is 0.108. The van der Waals surface area contributed by atoms with Crippen molar-refractivity contribution in [1.82, 2.24) is 20.8 Å². The highest BCUT2D eigenvalue weighted by Crippen LogP contribution is 1.94. The fraction of sp³-hybridized carbons (Fsp3) is 0.769. The Bertz CT molecular complexity index is 409. The topological polar surface area (TPSA) is 84.6 Å². The number of rotatable bonds is 8. The lowest BCUT2D eigenvalue weighted by Crippen LogP contribution is -2.37. The third-order valence-corrected chi connectivity index (χ3v) is 2.42.